The van der Waals surface area contributed by atoms with E-state index in [4.69, 9.17) is 0 Å². The van der Waals surface area contributed by atoms with Crippen molar-refractivity contribution in [1.29, 1.82) is 0 Å². The number of benzene rings is 2. The molecule has 0 bridgehead atoms. The molecule has 1 aromatic heterocycles. The first kappa shape index (κ1) is 18.5. The molecule has 3 rings (SSSR count). The van der Waals surface area contributed by atoms with Gasteiger partial charge in [0.1, 0.15) is 0 Å². The van der Waals surface area contributed by atoms with E-state index >= 15 is 0 Å². The standard InChI is InChI=1S/C19H18N4O3S/c1-3-20-19-22-16(11-27-19)13-5-4-6-15(9-13)21-18(24)14-8-7-12(2)17(10-14)23(25)26/h4-11H,3H2,1-2H3,(H,20,22)(H,21,24). The van der Waals surface area contributed by atoms with E-state index in [1.165, 1.54) is 17.4 Å². The topological polar surface area (TPSA) is 97.2 Å². The summed E-state index contributed by atoms with van der Waals surface area (Å²) in [6.45, 7) is 4.44. The van der Waals surface area contributed by atoms with E-state index in [9.17, 15) is 14.9 Å². The van der Waals surface area contributed by atoms with Gasteiger partial charge in [0.05, 0.1) is 10.6 Å². The number of carbonyl (C=O) groups excluding carboxylic acids is 1. The Labute approximate surface area is 160 Å². The van der Waals surface area contributed by atoms with Gasteiger partial charge in [-0.05, 0) is 32.0 Å². The van der Waals surface area contributed by atoms with Crippen molar-refractivity contribution < 1.29 is 9.72 Å². The lowest BCUT2D eigenvalue weighted by molar-refractivity contribution is -0.385. The largest absolute Gasteiger partial charge is 0.362 e. The molecule has 0 spiro atoms. The molecule has 0 saturated heterocycles. The van der Waals surface area contributed by atoms with Crippen molar-refractivity contribution in [1.82, 2.24) is 4.98 Å². The second kappa shape index (κ2) is 7.96. The van der Waals surface area contributed by atoms with E-state index < -0.39 is 10.8 Å². The van der Waals surface area contributed by atoms with Gasteiger partial charge in [0.2, 0.25) is 0 Å². The Morgan fingerprint density at radius 2 is 2.07 bits per heavy atom. The average molecular weight is 382 g/mol. The number of hydrogen-bond donors (Lipinski definition) is 2. The molecule has 0 aliphatic rings. The number of thiazole rings is 1. The number of aryl methyl sites for hydroxylation is 1. The molecule has 0 atom stereocenters. The van der Waals surface area contributed by atoms with E-state index in [2.05, 4.69) is 15.6 Å². The molecule has 0 saturated carbocycles. The minimum absolute atomic E-state index is 0.0742. The van der Waals surface area contributed by atoms with Crippen LogP contribution in [-0.2, 0) is 0 Å². The fraction of sp³-hybridized carbons (Fsp3) is 0.158. The molecule has 0 radical (unpaired) electrons. The zero-order valence-corrected chi connectivity index (χ0v) is 15.7. The third kappa shape index (κ3) is 4.29. The maximum absolute atomic E-state index is 12.5. The number of hydrogen-bond acceptors (Lipinski definition) is 6. The molecule has 3 aromatic rings. The Balaban J connectivity index is 1.80. The second-order valence-corrected chi connectivity index (χ2v) is 6.72. The fourth-order valence-corrected chi connectivity index (χ4v) is 3.34. The van der Waals surface area contributed by atoms with Crippen molar-refractivity contribution in [3.8, 4) is 11.3 Å². The molecule has 0 fully saturated rings. The van der Waals surface area contributed by atoms with Gasteiger partial charge in [-0.2, -0.15) is 0 Å². The molecule has 27 heavy (non-hydrogen) atoms. The number of rotatable bonds is 6. The van der Waals surface area contributed by atoms with Crippen molar-refractivity contribution in [2.45, 2.75) is 13.8 Å². The molecule has 0 aliphatic carbocycles. The van der Waals surface area contributed by atoms with Gasteiger partial charge in [-0.25, -0.2) is 4.98 Å². The van der Waals surface area contributed by atoms with E-state index in [0.717, 1.165) is 22.9 Å². The van der Waals surface area contributed by atoms with Crippen LogP contribution in [0.15, 0.2) is 47.8 Å². The summed E-state index contributed by atoms with van der Waals surface area (Å²) in [5.74, 6) is -0.401. The summed E-state index contributed by atoms with van der Waals surface area (Å²) in [5.41, 5.74) is 2.97. The smallest absolute Gasteiger partial charge is 0.273 e. The molecular formula is C19H18N4O3S. The number of nitrogens with one attached hydrogen (secondary N) is 2. The van der Waals surface area contributed by atoms with Crippen molar-refractivity contribution >= 4 is 33.8 Å². The predicted molar refractivity (Wildman–Crippen MR) is 108 cm³/mol. The summed E-state index contributed by atoms with van der Waals surface area (Å²) in [4.78, 5) is 27.6. The molecule has 2 N–H and O–H groups in total. The average Bonchev–Trinajstić information content (AvgIpc) is 3.11. The quantitative estimate of drug-likeness (QED) is 0.475. The van der Waals surface area contributed by atoms with Gasteiger partial charge in [-0.15, -0.1) is 11.3 Å². The van der Waals surface area contributed by atoms with Gasteiger partial charge in [0, 0.05) is 40.4 Å². The Morgan fingerprint density at radius 1 is 1.26 bits per heavy atom. The molecular weight excluding hydrogens is 364 g/mol. The van der Waals surface area contributed by atoms with E-state index in [0.29, 0.717) is 11.3 Å². The number of anilines is 2. The van der Waals surface area contributed by atoms with Gasteiger partial charge < -0.3 is 10.6 Å². The Morgan fingerprint density at radius 3 is 2.81 bits per heavy atom. The number of carbonyl (C=O) groups is 1. The number of aromatic nitrogens is 1. The highest BCUT2D eigenvalue weighted by Crippen LogP contribution is 2.27. The minimum Gasteiger partial charge on any atom is -0.362 e. The first-order valence-electron chi connectivity index (χ1n) is 8.34. The van der Waals surface area contributed by atoms with E-state index in [1.807, 2.05) is 30.5 Å². The summed E-state index contributed by atoms with van der Waals surface area (Å²) < 4.78 is 0. The Kier molecular flexibility index (Phi) is 5.46. The lowest BCUT2D eigenvalue weighted by Crippen LogP contribution is -2.12. The van der Waals surface area contributed by atoms with Crippen LogP contribution < -0.4 is 10.6 Å². The van der Waals surface area contributed by atoms with Crippen molar-refractivity contribution in [3.05, 3.63) is 69.1 Å². The van der Waals surface area contributed by atoms with E-state index in [-0.39, 0.29) is 11.3 Å². The van der Waals surface area contributed by atoms with Gasteiger partial charge in [-0.3, -0.25) is 14.9 Å². The number of nitro benzene ring substituents is 1. The molecule has 2 aromatic carbocycles. The summed E-state index contributed by atoms with van der Waals surface area (Å²) in [5, 5.41) is 19.8. The molecule has 1 heterocycles. The molecule has 0 unspecified atom stereocenters. The summed E-state index contributed by atoms with van der Waals surface area (Å²) >= 11 is 1.52. The number of amides is 1. The lowest BCUT2D eigenvalue weighted by Gasteiger charge is -2.07. The summed E-state index contributed by atoms with van der Waals surface area (Å²) in [6, 6.07) is 11.8. The fourth-order valence-electron chi connectivity index (χ4n) is 2.55. The van der Waals surface area contributed by atoms with Crippen LogP contribution >= 0.6 is 11.3 Å². The monoisotopic (exact) mass is 382 g/mol. The highest BCUT2D eigenvalue weighted by molar-refractivity contribution is 7.14. The summed E-state index contributed by atoms with van der Waals surface area (Å²) in [7, 11) is 0. The Bertz CT molecular complexity index is 1000. The van der Waals surface area contributed by atoms with Crippen LogP contribution in [0.3, 0.4) is 0 Å². The van der Waals surface area contributed by atoms with Crippen LogP contribution in [0, 0.1) is 17.0 Å². The van der Waals surface area contributed by atoms with Crippen LogP contribution in [0.5, 0.6) is 0 Å². The van der Waals surface area contributed by atoms with Crippen molar-refractivity contribution in [2.75, 3.05) is 17.2 Å². The molecule has 8 heteroatoms. The first-order chi connectivity index (χ1) is 13.0. The zero-order valence-electron chi connectivity index (χ0n) is 14.9. The molecule has 138 valence electrons. The normalized spacial score (nSPS) is 10.4. The third-order valence-corrected chi connectivity index (χ3v) is 4.72. The highest BCUT2D eigenvalue weighted by Gasteiger charge is 2.15. The van der Waals surface area contributed by atoms with E-state index in [1.54, 1.807) is 25.1 Å². The van der Waals surface area contributed by atoms with Crippen LogP contribution in [-0.4, -0.2) is 22.4 Å². The van der Waals surface area contributed by atoms with Gasteiger partial charge in [0.15, 0.2) is 5.13 Å². The van der Waals surface area contributed by atoms with Gasteiger partial charge >= 0.3 is 0 Å². The molecule has 1 amide bonds. The first-order valence-corrected chi connectivity index (χ1v) is 9.22. The van der Waals surface area contributed by atoms with Crippen LogP contribution in [0.4, 0.5) is 16.5 Å². The predicted octanol–water partition coefficient (Wildman–Crippen LogP) is 4.71. The Hall–Kier alpha value is -3.26. The highest BCUT2D eigenvalue weighted by atomic mass is 32.1. The molecule has 7 nitrogen and oxygen atoms in total. The van der Waals surface area contributed by atoms with Crippen molar-refractivity contribution in [2.24, 2.45) is 0 Å². The summed E-state index contributed by atoms with van der Waals surface area (Å²) in [6.07, 6.45) is 0. The van der Waals surface area contributed by atoms with Crippen LogP contribution in [0.1, 0.15) is 22.8 Å². The SMILES string of the molecule is CCNc1nc(-c2cccc(NC(=O)c3ccc(C)c([N+](=O)[O-])c3)c2)cs1. The maximum Gasteiger partial charge on any atom is 0.273 e. The van der Waals surface area contributed by atoms with Gasteiger partial charge in [0.25, 0.3) is 11.6 Å². The van der Waals surface area contributed by atoms with Gasteiger partial charge in [-0.1, -0.05) is 18.2 Å². The minimum atomic E-state index is -0.489. The third-order valence-electron chi connectivity index (χ3n) is 3.92. The van der Waals surface area contributed by atoms with Crippen LogP contribution in [0.2, 0.25) is 0 Å². The number of nitro groups is 1. The number of nitrogens with zero attached hydrogens (tertiary/aromatic N) is 2. The lowest BCUT2D eigenvalue weighted by atomic mass is 10.1. The zero-order chi connectivity index (χ0) is 19.4. The van der Waals surface area contributed by atoms with Crippen molar-refractivity contribution in [3.63, 3.8) is 0 Å². The molecule has 0 aliphatic heterocycles. The van der Waals surface area contributed by atoms with Crippen LogP contribution in [0.25, 0.3) is 11.3 Å². The second-order valence-electron chi connectivity index (χ2n) is 5.86. The maximum atomic E-state index is 12.5.